The SMILES string of the molecule is NC1=C(c2cccc(C(=O)Oc3ccccc3)c2Cl)C(=O)C(c2ccccc2)O1. The number of hydrogen-bond acceptors (Lipinski definition) is 5. The van der Waals surface area contributed by atoms with Crippen molar-refractivity contribution in [2.75, 3.05) is 0 Å². The maximum Gasteiger partial charge on any atom is 0.345 e. The van der Waals surface area contributed by atoms with Crippen LogP contribution < -0.4 is 10.5 Å². The van der Waals surface area contributed by atoms with Gasteiger partial charge in [-0.15, -0.1) is 0 Å². The Bertz CT molecular complexity index is 1110. The molecule has 4 rings (SSSR count). The fourth-order valence-electron chi connectivity index (χ4n) is 3.14. The highest BCUT2D eigenvalue weighted by atomic mass is 35.5. The van der Waals surface area contributed by atoms with Crippen LogP contribution in [0.4, 0.5) is 0 Å². The van der Waals surface area contributed by atoms with Crippen LogP contribution in [0.3, 0.4) is 0 Å². The zero-order chi connectivity index (χ0) is 20.4. The van der Waals surface area contributed by atoms with E-state index in [9.17, 15) is 9.59 Å². The summed E-state index contributed by atoms with van der Waals surface area (Å²) < 4.78 is 11.0. The van der Waals surface area contributed by atoms with Gasteiger partial charge in [-0.25, -0.2) is 4.79 Å². The first-order chi connectivity index (χ1) is 14.1. The van der Waals surface area contributed by atoms with Crippen LogP contribution in [0.2, 0.25) is 5.02 Å². The first-order valence-corrected chi connectivity index (χ1v) is 9.25. The fraction of sp³-hybridized carbons (Fsp3) is 0.0435. The minimum Gasteiger partial charge on any atom is -0.462 e. The summed E-state index contributed by atoms with van der Waals surface area (Å²) in [6.45, 7) is 0. The van der Waals surface area contributed by atoms with Crippen molar-refractivity contribution in [3.63, 3.8) is 0 Å². The first-order valence-electron chi connectivity index (χ1n) is 8.88. The second-order valence-electron chi connectivity index (χ2n) is 6.38. The molecule has 3 aromatic rings. The summed E-state index contributed by atoms with van der Waals surface area (Å²) in [6, 6.07) is 22.5. The van der Waals surface area contributed by atoms with E-state index in [1.807, 2.05) is 24.3 Å². The van der Waals surface area contributed by atoms with Gasteiger partial charge >= 0.3 is 5.97 Å². The molecule has 0 spiro atoms. The standard InChI is InChI=1S/C23H16ClNO4/c24-19-16(12-7-13-17(19)23(27)28-15-10-5-2-6-11-15)18-20(26)21(29-22(18)25)14-8-3-1-4-9-14/h1-13,21H,25H2. The highest BCUT2D eigenvalue weighted by Gasteiger charge is 2.37. The number of para-hydroxylation sites is 1. The largest absolute Gasteiger partial charge is 0.462 e. The van der Waals surface area contributed by atoms with E-state index in [1.54, 1.807) is 48.5 Å². The van der Waals surface area contributed by atoms with Crippen LogP contribution in [0.5, 0.6) is 5.75 Å². The highest BCUT2D eigenvalue weighted by molar-refractivity contribution is 6.38. The second-order valence-corrected chi connectivity index (χ2v) is 6.76. The number of ketones is 1. The summed E-state index contributed by atoms with van der Waals surface area (Å²) in [5.74, 6) is -0.584. The van der Waals surface area contributed by atoms with Crippen molar-refractivity contribution in [3.05, 3.63) is 106 Å². The number of halogens is 1. The fourth-order valence-corrected chi connectivity index (χ4v) is 3.44. The van der Waals surface area contributed by atoms with Crippen molar-refractivity contribution < 1.29 is 19.1 Å². The molecule has 5 nitrogen and oxygen atoms in total. The molecule has 0 amide bonds. The molecule has 2 N–H and O–H groups in total. The molecule has 1 atom stereocenters. The van der Waals surface area contributed by atoms with E-state index in [0.717, 1.165) is 0 Å². The van der Waals surface area contributed by atoms with E-state index in [1.165, 1.54) is 6.07 Å². The van der Waals surface area contributed by atoms with Gasteiger partial charge in [0.2, 0.25) is 5.78 Å². The van der Waals surface area contributed by atoms with Crippen molar-refractivity contribution in [2.24, 2.45) is 5.73 Å². The van der Waals surface area contributed by atoms with Gasteiger partial charge in [0.1, 0.15) is 5.75 Å². The Kier molecular flexibility index (Phi) is 5.06. The van der Waals surface area contributed by atoms with Gasteiger partial charge in [0, 0.05) is 11.1 Å². The zero-order valence-electron chi connectivity index (χ0n) is 15.2. The van der Waals surface area contributed by atoms with Gasteiger partial charge in [-0.2, -0.15) is 0 Å². The van der Waals surface area contributed by atoms with Gasteiger partial charge in [-0.05, 0) is 18.2 Å². The normalized spacial score (nSPS) is 15.9. The highest BCUT2D eigenvalue weighted by Crippen LogP contribution is 2.39. The van der Waals surface area contributed by atoms with E-state index >= 15 is 0 Å². The number of benzene rings is 3. The molecule has 0 fully saturated rings. The summed E-state index contributed by atoms with van der Waals surface area (Å²) in [7, 11) is 0. The van der Waals surface area contributed by atoms with Gasteiger partial charge in [-0.3, -0.25) is 4.79 Å². The number of carbonyl (C=O) groups excluding carboxylic acids is 2. The molecule has 0 aliphatic carbocycles. The van der Waals surface area contributed by atoms with E-state index in [2.05, 4.69) is 0 Å². The zero-order valence-corrected chi connectivity index (χ0v) is 15.9. The smallest absolute Gasteiger partial charge is 0.345 e. The molecule has 0 bridgehead atoms. The van der Waals surface area contributed by atoms with Gasteiger partial charge in [0.25, 0.3) is 0 Å². The van der Waals surface area contributed by atoms with Gasteiger partial charge in [0.15, 0.2) is 12.0 Å². The van der Waals surface area contributed by atoms with E-state index in [4.69, 9.17) is 26.8 Å². The molecule has 1 unspecified atom stereocenters. The molecule has 144 valence electrons. The van der Waals surface area contributed by atoms with E-state index < -0.39 is 12.1 Å². The van der Waals surface area contributed by atoms with Gasteiger partial charge in [0.05, 0.1) is 16.2 Å². The Hall–Kier alpha value is -3.57. The van der Waals surface area contributed by atoms with E-state index in [0.29, 0.717) is 16.9 Å². The lowest BCUT2D eigenvalue weighted by Gasteiger charge is -2.11. The first kappa shape index (κ1) is 18.8. The molecule has 0 saturated heterocycles. The average molecular weight is 406 g/mol. The third-order valence-corrected chi connectivity index (χ3v) is 4.93. The number of rotatable bonds is 4. The van der Waals surface area contributed by atoms with Crippen LogP contribution >= 0.6 is 11.6 Å². The number of hydrogen-bond donors (Lipinski definition) is 1. The lowest BCUT2D eigenvalue weighted by molar-refractivity contribution is -0.120. The van der Waals surface area contributed by atoms with Crippen LogP contribution in [0.25, 0.3) is 5.57 Å². The molecule has 1 aliphatic rings. The summed E-state index contributed by atoms with van der Waals surface area (Å²) >= 11 is 6.48. The Labute approximate surface area is 172 Å². The minimum absolute atomic E-state index is 0.0284. The summed E-state index contributed by atoms with van der Waals surface area (Å²) in [5, 5.41) is 0.0806. The van der Waals surface area contributed by atoms with Gasteiger partial charge < -0.3 is 15.2 Å². The molecule has 1 heterocycles. The maximum absolute atomic E-state index is 13.0. The summed E-state index contributed by atoms with van der Waals surface area (Å²) in [5.41, 5.74) is 7.30. The number of carbonyl (C=O) groups is 2. The second kappa shape index (κ2) is 7.81. The average Bonchev–Trinajstić information content (AvgIpc) is 3.03. The van der Waals surface area contributed by atoms with Crippen LogP contribution in [0.15, 0.2) is 84.7 Å². The van der Waals surface area contributed by atoms with E-state index in [-0.39, 0.29) is 27.8 Å². The molecule has 6 heteroatoms. The molecule has 3 aromatic carbocycles. The van der Waals surface area contributed by atoms with Crippen LogP contribution in [0, 0.1) is 0 Å². The monoisotopic (exact) mass is 405 g/mol. The molecule has 1 aliphatic heterocycles. The van der Waals surface area contributed by atoms with Crippen molar-refractivity contribution in [2.45, 2.75) is 6.10 Å². The van der Waals surface area contributed by atoms with Crippen LogP contribution in [0.1, 0.15) is 27.6 Å². The lowest BCUT2D eigenvalue weighted by Crippen LogP contribution is -2.12. The molecule has 0 aromatic heterocycles. The Balaban J connectivity index is 1.66. The number of esters is 1. The summed E-state index contributed by atoms with van der Waals surface area (Å²) in [4.78, 5) is 25.6. The molecule has 29 heavy (non-hydrogen) atoms. The number of Topliss-reactive ketones (excluding diaryl/α,β-unsaturated/α-hetero) is 1. The van der Waals surface area contributed by atoms with Crippen molar-refractivity contribution in [3.8, 4) is 5.75 Å². The maximum atomic E-state index is 13.0. The predicted molar refractivity (Wildman–Crippen MR) is 109 cm³/mol. The quantitative estimate of drug-likeness (QED) is 0.509. The minimum atomic E-state index is -0.845. The van der Waals surface area contributed by atoms with Gasteiger partial charge in [-0.1, -0.05) is 72.3 Å². The molecule has 0 radical (unpaired) electrons. The number of nitrogens with two attached hydrogens (primary N) is 1. The molecular formula is C23H16ClNO4. The molecule has 0 saturated carbocycles. The van der Waals surface area contributed by atoms with Crippen LogP contribution in [-0.2, 0) is 9.53 Å². The Morgan fingerprint density at radius 3 is 2.28 bits per heavy atom. The van der Waals surface area contributed by atoms with Crippen molar-refractivity contribution in [1.82, 2.24) is 0 Å². The third-order valence-electron chi connectivity index (χ3n) is 4.52. The predicted octanol–water partition coefficient (Wildman–Crippen LogP) is 4.53. The third kappa shape index (κ3) is 3.60. The van der Waals surface area contributed by atoms with Crippen molar-refractivity contribution in [1.29, 1.82) is 0 Å². The Morgan fingerprint density at radius 1 is 0.931 bits per heavy atom. The van der Waals surface area contributed by atoms with Crippen molar-refractivity contribution >= 4 is 28.9 Å². The Morgan fingerprint density at radius 2 is 1.59 bits per heavy atom. The summed E-state index contributed by atoms with van der Waals surface area (Å²) in [6.07, 6.45) is -0.845. The molecular weight excluding hydrogens is 390 g/mol. The lowest BCUT2D eigenvalue weighted by atomic mass is 9.96. The topological polar surface area (TPSA) is 78.6 Å². The number of ether oxygens (including phenoxy) is 2. The van der Waals surface area contributed by atoms with Crippen LogP contribution in [-0.4, -0.2) is 11.8 Å².